The van der Waals surface area contributed by atoms with Crippen molar-refractivity contribution in [1.82, 2.24) is 9.71 Å². The third-order valence-corrected chi connectivity index (χ3v) is 5.85. The molecular weight excluding hydrogens is 332 g/mol. The summed E-state index contributed by atoms with van der Waals surface area (Å²) in [5.41, 5.74) is 7.87. The number of benzene rings is 1. The van der Waals surface area contributed by atoms with Crippen LogP contribution < -0.4 is 10.6 Å². The number of nitrogens with zero attached hydrogens (tertiary/aromatic N) is 4. The molecule has 1 atom stereocenters. The maximum absolute atomic E-state index is 9.10. The van der Waals surface area contributed by atoms with Crippen molar-refractivity contribution in [2.75, 3.05) is 43.4 Å². The molecule has 132 valence electrons. The van der Waals surface area contributed by atoms with E-state index < -0.39 is 0 Å². The van der Waals surface area contributed by atoms with Gasteiger partial charge in [-0.05, 0) is 44.5 Å². The fourth-order valence-corrected chi connectivity index (χ4v) is 4.35. The Labute approximate surface area is 156 Å². The Morgan fingerprint density at radius 3 is 2.64 bits per heavy atom. The molecule has 0 unspecified atom stereocenters. The van der Waals surface area contributed by atoms with Gasteiger partial charge in [0.15, 0.2) is 7.98 Å². The Bertz CT molecular complexity index is 654. The molecule has 0 spiro atoms. The van der Waals surface area contributed by atoms with E-state index in [-0.39, 0.29) is 0 Å². The first-order chi connectivity index (χ1) is 12.0. The molecule has 0 amide bonds. The van der Waals surface area contributed by atoms with E-state index in [1.165, 1.54) is 0 Å². The minimum absolute atomic E-state index is 0.438. The highest BCUT2D eigenvalue weighted by molar-refractivity contribution is 6.33. The molecule has 0 aromatic heterocycles. The molecule has 25 heavy (non-hydrogen) atoms. The molecule has 3 rings (SSSR count). The van der Waals surface area contributed by atoms with Crippen molar-refractivity contribution in [2.24, 2.45) is 0 Å². The number of hydrogen-bond donors (Lipinski definition) is 1. The van der Waals surface area contributed by atoms with Crippen molar-refractivity contribution >= 4 is 31.0 Å². The van der Waals surface area contributed by atoms with Gasteiger partial charge in [-0.2, -0.15) is 5.26 Å². The van der Waals surface area contributed by atoms with Crippen LogP contribution in [0.25, 0.3) is 0 Å². The molecule has 2 heterocycles. The summed E-state index contributed by atoms with van der Waals surface area (Å²) in [6.07, 6.45) is 3.37. The first-order valence-electron chi connectivity index (χ1n) is 9.03. The van der Waals surface area contributed by atoms with Gasteiger partial charge in [-0.3, -0.25) is 4.90 Å². The van der Waals surface area contributed by atoms with Gasteiger partial charge in [-0.15, -0.1) is 0 Å². The normalized spacial score (nSPS) is 23.6. The number of nitrogen functional groups attached to an aromatic ring is 1. The van der Waals surface area contributed by atoms with E-state index in [2.05, 4.69) is 22.8 Å². The van der Waals surface area contributed by atoms with E-state index in [0.29, 0.717) is 28.4 Å². The van der Waals surface area contributed by atoms with Gasteiger partial charge in [0, 0.05) is 31.7 Å². The summed E-state index contributed by atoms with van der Waals surface area (Å²) in [6.45, 7) is 7.06. The van der Waals surface area contributed by atoms with Crippen LogP contribution in [0.3, 0.4) is 0 Å². The molecule has 7 heteroatoms. The third-order valence-electron chi connectivity index (χ3n) is 5.55. The maximum Gasteiger partial charge on any atom is 0.182 e. The average Bonchev–Trinajstić information content (AvgIpc) is 2.63. The van der Waals surface area contributed by atoms with Crippen LogP contribution in [0.5, 0.6) is 0 Å². The smallest absolute Gasteiger partial charge is 0.182 e. The molecule has 2 N–H and O–H groups in total. The summed E-state index contributed by atoms with van der Waals surface area (Å²) >= 11 is 6.42. The average molecular weight is 358 g/mol. The van der Waals surface area contributed by atoms with Gasteiger partial charge >= 0.3 is 0 Å². The van der Waals surface area contributed by atoms with Crippen molar-refractivity contribution < 1.29 is 0 Å². The highest BCUT2D eigenvalue weighted by Gasteiger charge is 2.33. The second-order valence-corrected chi connectivity index (χ2v) is 7.42. The van der Waals surface area contributed by atoms with Crippen LogP contribution in [-0.2, 0) is 0 Å². The second-order valence-electron chi connectivity index (χ2n) is 7.02. The summed E-state index contributed by atoms with van der Waals surface area (Å²) in [7, 11) is 5.90. The monoisotopic (exact) mass is 357 g/mol. The number of piperazine rings is 1. The number of nitriles is 1. The van der Waals surface area contributed by atoms with Crippen molar-refractivity contribution in [2.45, 2.75) is 38.3 Å². The highest BCUT2D eigenvalue weighted by atomic mass is 35.5. The Morgan fingerprint density at radius 1 is 1.28 bits per heavy atom. The predicted octanol–water partition coefficient (Wildman–Crippen LogP) is 2.24. The first kappa shape index (κ1) is 18.4. The summed E-state index contributed by atoms with van der Waals surface area (Å²) in [4.78, 5) is 6.89. The van der Waals surface area contributed by atoms with Crippen LogP contribution in [0.4, 0.5) is 11.4 Å². The summed E-state index contributed by atoms with van der Waals surface area (Å²) < 4.78 is 0. The van der Waals surface area contributed by atoms with Gasteiger partial charge in [0.25, 0.3) is 0 Å². The van der Waals surface area contributed by atoms with Crippen molar-refractivity contribution in [3.05, 3.63) is 22.7 Å². The van der Waals surface area contributed by atoms with Crippen LogP contribution in [0.15, 0.2) is 12.1 Å². The Kier molecular flexibility index (Phi) is 5.78. The fraction of sp³-hybridized carbons (Fsp3) is 0.611. The first-order valence-corrected chi connectivity index (χ1v) is 9.40. The van der Waals surface area contributed by atoms with Crippen LogP contribution in [-0.4, -0.2) is 62.5 Å². The van der Waals surface area contributed by atoms with E-state index in [1.54, 1.807) is 6.07 Å². The summed E-state index contributed by atoms with van der Waals surface area (Å²) in [6, 6.07) is 6.73. The molecule has 2 aliphatic rings. The number of hydrogen-bond acceptors (Lipinski definition) is 5. The zero-order valence-electron chi connectivity index (χ0n) is 14.8. The lowest BCUT2D eigenvalue weighted by Gasteiger charge is -2.48. The topological polar surface area (TPSA) is 59.5 Å². The van der Waals surface area contributed by atoms with Gasteiger partial charge in [-0.1, -0.05) is 18.5 Å². The van der Waals surface area contributed by atoms with Crippen molar-refractivity contribution in [3.8, 4) is 6.07 Å². The zero-order chi connectivity index (χ0) is 18.0. The quantitative estimate of drug-likeness (QED) is 0.664. The molecule has 1 aromatic rings. The molecule has 2 aliphatic heterocycles. The third kappa shape index (κ3) is 3.89. The highest BCUT2D eigenvalue weighted by Crippen LogP contribution is 2.33. The largest absolute Gasteiger partial charge is 0.398 e. The zero-order valence-corrected chi connectivity index (χ0v) is 15.5. The van der Waals surface area contributed by atoms with Gasteiger partial charge in [0.05, 0.1) is 22.0 Å². The number of nitrogens with two attached hydrogens (primary N) is 1. The molecule has 0 aliphatic carbocycles. The van der Waals surface area contributed by atoms with E-state index in [4.69, 9.17) is 30.6 Å². The molecule has 2 radical (unpaired) electrons. The minimum atomic E-state index is 0.438. The molecule has 0 saturated carbocycles. The number of piperidine rings is 1. The lowest BCUT2D eigenvalue weighted by Crippen LogP contribution is -2.58. The molecule has 1 aromatic carbocycles. The molecule has 2 saturated heterocycles. The minimum Gasteiger partial charge on any atom is -0.398 e. The maximum atomic E-state index is 9.10. The summed E-state index contributed by atoms with van der Waals surface area (Å²) in [5.74, 6) is 0. The lowest BCUT2D eigenvalue weighted by atomic mass is 9.96. The fourth-order valence-electron chi connectivity index (χ4n) is 4.07. The van der Waals surface area contributed by atoms with Gasteiger partial charge in [-0.25, -0.2) is 0 Å². The van der Waals surface area contributed by atoms with E-state index >= 15 is 0 Å². The van der Waals surface area contributed by atoms with Gasteiger partial charge in [0.1, 0.15) is 6.07 Å². The van der Waals surface area contributed by atoms with Crippen LogP contribution in [0.2, 0.25) is 5.02 Å². The molecule has 5 nitrogen and oxygen atoms in total. The van der Waals surface area contributed by atoms with Crippen LogP contribution in [0, 0.1) is 11.3 Å². The van der Waals surface area contributed by atoms with Crippen LogP contribution >= 0.6 is 11.6 Å². The van der Waals surface area contributed by atoms with E-state index in [9.17, 15) is 0 Å². The molecule has 0 bridgehead atoms. The van der Waals surface area contributed by atoms with Crippen LogP contribution in [0.1, 0.15) is 31.7 Å². The molecular formula is C18H25BClN5. The van der Waals surface area contributed by atoms with Gasteiger partial charge in [0.2, 0.25) is 0 Å². The summed E-state index contributed by atoms with van der Waals surface area (Å²) in [5, 5.41) is 9.70. The van der Waals surface area contributed by atoms with Crippen molar-refractivity contribution in [3.63, 3.8) is 0 Å². The predicted molar refractivity (Wildman–Crippen MR) is 104 cm³/mol. The number of anilines is 2. The van der Waals surface area contributed by atoms with Crippen molar-refractivity contribution in [1.29, 1.82) is 5.26 Å². The number of halogens is 1. The molecule has 2 fully saturated rings. The SMILES string of the molecule is [B]N1CCC(N2CCN(c3cc(N)c(C#N)cc3Cl)C[C@@H]2CC)CC1. The second kappa shape index (κ2) is 7.86. The van der Waals surface area contributed by atoms with Gasteiger partial charge < -0.3 is 15.4 Å². The Morgan fingerprint density at radius 2 is 2.00 bits per heavy atom. The van der Waals surface area contributed by atoms with E-state index in [1.807, 2.05) is 10.9 Å². The Balaban J connectivity index is 1.73. The standard InChI is InChI=1S/C18H25BClN5/c1-2-14-12-23(18-10-17(22)13(11-21)9-16(18)20)7-8-25(14)15-3-5-24(19)6-4-15/h9-10,14-15H,2-8,12,22H2,1H3/t14-/m0/s1. The van der Waals surface area contributed by atoms with E-state index in [0.717, 1.165) is 57.7 Å². The Hall–Kier alpha value is -1.42. The lowest BCUT2D eigenvalue weighted by molar-refractivity contribution is 0.0812. The number of rotatable bonds is 3.